The summed E-state index contributed by atoms with van der Waals surface area (Å²) in [6.45, 7) is 0. The number of aromatic carboxylic acids is 1. The average Bonchev–Trinajstić information content (AvgIpc) is 2.90. The van der Waals surface area contributed by atoms with E-state index in [2.05, 4.69) is 5.10 Å². The van der Waals surface area contributed by atoms with Gasteiger partial charge in [0.25, 0.3) is 0 Å². The highest BCUT2D eigenvalue weighted by atomic mass is 16.4. The van der Waals surface area contributed by atoms with Gasteiger partial charge in [0.2, 0.25) is 0 Å². The molecule has 100 valence electrons. The molecular formula is C15H13N3O2. The number of hydrogen-bond donors (Lipinski definition) is 2. The van der Waals surface area contributed by atoms with Gasteiger partial charge in [0.15, 0.2) is 0 Å². The number of carbonyl (C=O) groups is 1. The lowest BCUT2D eigenvalue weighted by Gasteiger charge is -2.16. The van der Waals surface area contributed by atoms with E-state index in [1.807, 2.05) is 24.3 Å². The Morgan fingerprint density at radius 2 is 1.85 bits per heavy atom. The third kappa shape index (κ3) is 1.94. The van der Waals surface area contributed by atoms with Crippen molar-refractivity contribution in [1.29, 1.82) is 0 Å². The number of aromatic nitrogens is 2. The van der Waals surface area contributed by atoms with Crippen LogP contribution in [0.3, 0.4) is 0 Å². The van der Waals surface area contributed by atoms with Crippen LogP contribution in [0, 0.1) is 0 Å². The fourth-order valence-electron chi connectivity index (χ4n) is 2.30. The molecule has 0 aliphatic carbocycles. The van der Waals surface area contributed by atoms with Gasteiger partial charge in [-0.05, 0) is 12.1 Å². The largest absolute Gasteiger partial charge is 0.478 e. The Morgan fingerprint density at radius 1 is 1.15 bits per heavy atom. The summed E-state index contributed by atoms with van der Waals surface area (Å²) >= 11 is 0. The van der Waals surface area contributed by atoms with Crippen LogP contribution in [-0.4, -0.2) is 20.9 Å². The number of benzene rings is 2. The van der Waals surface area contributed by atoms with Gasteiger partial charge in [-0.15, -0.1) is 0 Å². The van der Waals surface area contributed by atoms with Crippen molar-refractivity contribution in [3.05, 3.63) is 65.9 Å². The molecule has 0 spiro atoms. The normalized spacial score (nSPS) is 12.4. The van der Waals surface area contributed by atoms with E-state index >= 15 is 0 Å². The van der Waals surface area contributed by atoms with Crippen molar-refractivity contribution in [2.24, 2.45) is 5.73 Å². The highest BCUT2D eigenvalue weighted by molar-refractivity contribution is 5.89. The Hall–Kier alpha value is -2.66. The molecule has 0 fully saturated rings. The summed E-state index contributed by atoms with van der Waals surface area (Å²) in [6, 6.07) is 14.4. The smallest absolute Gasteiger partial charge is 0.336 e. The van der Waals surface area contributed by atoms with Gasteiger partial charge in [0, 0.05) is 10.9 Å². The molecule has 1 heterocycles. The predicted molar refractivity (Wildman–Crippen MR) is 75.5 cm³/mol. The van der Waals surface area contributed by atoms with Crippen LogP contribution in [0.1, 0.15) is 22.1 Å². The number of carboxylic acids is 1. The van der Waals surface area contributed by atoms with Gasteiger partial charge < -0.3 is 10.8 Å². The van der Waals surface area contributed by atoms with Crippen molar-refractivity contribution in [2.45, 2.75) is 6.17 Å². The summed E-state index contributed by atoms with van der Waals surface area (Å²) in [5.74, 6) is -0.993. The van der Waals surface area contributed by atoms with Crippen LogP contribution in [0.15, 0.2) is 54.7 Å². The lowest BCUT2D eigenvalue weighted by Crippen LogP contribution is -2.23. The van der Waals surface area contributed by atoms with Crippen molar-refractivity contribution < 1.29 is 9.90 Å². The first-order valence-corrected chi connectivity index (χ1v) is 6.18. The Bertz CT molecular complexity index is 779. The summed E-state index contributed by atoms with van der Waals surface area (Å²) in [4.78, 5) is 11.3. The van der Waals surface area contributed by atoms with Crippen LogP contribution in [-0.2, 0) is 0 Å². The van der Waals surface area contributed by atoms with Crippen LogP contribution in [0.5, 0.6) is 0 Å². The Labute approximate surface area is 115 Å². The fourth-order valence-corrected chi connectivity index (χ4v) is 2.30. The van der Waals surface area contributed by atoms with Gasteiger partial charge in [0.05, 0.1) is 17.3 Å². The zero-order chi connectivity index (χ0) is 14.1. The summed E-state index contributed by atoms with van der Waals surface area (Å²) in [6.07, 6.45) is 1.08. The molecule has 0 bridgehead atoms. The standard InChI is InChI=1S/C15H13N3O2/c16-14(11-6-2-3-7-12(11)15(19)20)18-13-8-4-1-5-10(13)9-17-18/h1-9,14H,16H2,(H,19,20). The molecule has 5 nitrogen and oxygen atoms in total. The molecule has 1 unspecified atom stereocenters. The molecule has 20 heavy (non-hydrogen) atoms. The first-order chi connectivity index (χ1) is 9.68. The lowest BCUT2D eigenvalue weighted by molar-refractivity contribution is 0.0695. The molecule has 3 aromatic rings. The predicted octanol–water partition coefficient (Wildman–Crippen LogP) is 2.24. The van der Waals surface area contributed by atoms with E-state index in [-0.39, 0.29) is 5.56 Å². The van der Waals surface area contributed by atoms with Gasteiger partial charge in [0.1, 0.15) is 6.17 Å². The van der Waals surface area contributed by atoms with Crippen molar-refractivity contribution in [3.8, 4) is 0 Å². The zero-order valence-electron chi connectivity index (χ0n) is 10.6. The maximum atomic E-state index is 11.3. The molecule has 0 amide bonds. The summed E-state index contributed by atoms with van der Waals surface area (Å²) < 4.78 is 1.64. The molecule has 0 aliphatic heterocycles. The monoisotopic (exact) mass is 267 g/mol. The van der Waals surface area contributed by atoms with E-state index < -0.39 is 12.1 Å². The Morgan fingerprint density at radius 3 is 2.65 bits per heavy atom. The molecule has 0 saturated carbocycles. The summed E-state index contributed by atoms with van der Waals surface area (Å²) in [7, 11) is 0. The van der Waals surface area contributed by atoms with Crippen molar-refractivity contribution >= 4 is 16.9 Å². The second-order valence-corrected chi connectivity index (χ2v) is 4.49. The molecule has 1 aromatic heterocycles. The van der Waals surface area contributed by atoms with E-state index in [1.54, 1.807) is 35.1 Å². The third-order valence-corrected chi connectivity index (χ3v) is 3.28. The number of hydrogen-bond acceptors (Lipinski definition) is 3. The van der Waals surface area contributed by atoms with Gasteiger partial charge >= 0.3 is 5.97 Å². The molecule has 3 N–H and O–H groups in total. The number of nitrogens with two attached hydrogens (primary N) is 1. The molecule has 3 rings (SSSR count). The number of para-hydroxylation sites is 1. The highest BCUT2D eigenvalue weighted by Gasteiger charge is 2.18. The minimum atomic E-state index is -0.993. The van der Waals surface area contributed by atoms with E-state index in [4.69, 9.17) is 5.73 Å². The van der Waals surface area contributed by atoms with Crippen molar-refractivity contribution in [3.63, 3.8) is 0 Å². The number of fused-ring (bicyclic) bond motifs is 1. The van der Waals surface area contributed by atoms with Gasteiger partial charge in [-0.25, -0.2) is 9.48 Å². The number of rotatable bonds is 3. The average molecular weight is 267 g/mol. The molecule has 0 aliphatic rings. The van der Waals surface area contributed by atoms with Crippen LogP contribution in [0.2, 0.25) is 0 Å². The van der Waals surface area contributed by atoms with E-state index in [0.29, 0.717) is 5.56 Å². The van der Waals surface area contributed by atoms with E-state index in [1.165, 1.54) is 0 Å². The zero-order valence-corrected chi connectivity index (χ0v) is 10.6. The number of nitrogens with zero attached hydrogens (tertiary/aromatic N) is 2. The number of carboxylic acid groups (broad SMARTS) is 1. The summed E-state index contributed by atoms with van der Waals surface area (Å²) in [5.41, 5.74) is 7.81. The molecule has 5 heteroatoms. The maximum absolute atomic E-state index is 11.3. The first kappa shape index (κ1) is 12.4. The van der Waals surface area contributed by atoms with Crippen LogP contribution in [0.25, 0.3) is 10.9 Å². The molecule has 2 aromatic carbocycles. The van der Waals surface area contributed by atoms with Crippen molar-refractivity contribution in [2.75, 3.05) is 0 Å². The van der Waals surface area contributed by atoms with Crippen LogP contribution in [0.4, 0.5) is 0 Å². The van der Waals surface area contributed by atoms with Gasteiger partial charge in [-0.2, -0.15) is 5.10 Å². The SMILES string of the molecule is NC(c1ccccc1C(=O)O)n1ncc2ccccc21. The molecule has 0 radical (unpaired) electrons. The van der Waals surface area contributed by atoms with E-state index in [0.717, 1.165) is 10.9 Å². The maximum Gasteiger partial charge on any atom is 0.336 e. The van der Waals surface area contributed by atoms with Crippen LogP contribution < -0.4 is 5.73 Å². The molecule has 1 atom stereocenters. The summed E-state index contributed by atoms with van der Waals surface area (Å²) in [5, 5.41) is 14.5. The highest BCUT2D eigenvalue weighted by Crippen LogP contribution is 2.22. The Kier molecular flexibility index (Phi) is 2.96. The second kappa shape index (κ2) is 4.79. The first-order valence-electron chi connectivity index (χ1n) is 6.18. The fraction of sp³-hybridized carbons (Fsp3) is 0.0667. The van der Waals surface area contributed by atoms with Crippen LogP contribution >= 0.6 is 0 Å². The second-order valence-electron chi connectivity index (χ2n) is 4.49. The minimum Gasteiger partial charge on any atom is -0.478 e. The van der Waals surface area contributed by atoms with E-state index in [9.17, 15) is 9.90 Å². The molecule has 0 saturated heterocycles. The minimum absolute atomic E-state index is 0.194. The quantitative estimate of drug-likeness (QED) is 0.762. The third-order valence-electron chi connectivity index (χ3n) is 3.28. The van der Waals surface area contributed by atoms with Crippen molar-refractivity contribution in [1.82, 2.24) is 9.78 Å². The lowest BCUT2D eigenvalue weighted by atomic mass is 10.1. The van der Waals surface area contributed by atoms with Gasteiger partial charge in [-0.3, -0.25) is 0 Å². The molecular weight excluding hydrogens is 254 g/mol. The Balaban J connectivity index is 2.13. The topological polar surface area (TPSA) is 81.1 Å². The van der Waals surface area contributed by atoms with Gasteiger partial charge in [-0.1, -0.05) is 36.4 Å².